The van der Waals surface area contributed by atoms with Gasteiger partial charge in [0, 0.05) is 30.5 Å². The van der Waals surface area contributed by atoms with Gasteiger partial charge in [-0.15, -0.1) is 11.8 Å². The Kier molecular flexibility index (Phi) is 8.54. The molecule has 1 aromatic carbocycles. The number of aliphatic hydroxyl groups is 1. The second-order valence-corrected chi connectivity index (χ2v) is 15.6. The van der Waals surface area contributed by atoms with E-state index in [0.717, 1.165) is 0 Å². The van der Waals surface area contributed by atoms with Crippen molar-refractivity contribution in [2.45, 2.75) is 76.4 Å². The lowest BCUT2D eigenvalue weighted by Gasteiger charge is -2.38. The summed E-state index contributed by atoms with van der Waals surface area (Å²) in [5.41, 5.74) is 0.163. The van der Waals surface area contributed by atoms with Crippen LogP contribution in [-0.4, -0.2) is 59.2 Å². The predicted molar refractivity (Wildman–Crippen MR) is 125 cm³/mol. The molecule has 1 N–H and O–H groups in total. The number of hydrogen-bond acceptors (Lipinski definition) is 7. The van der Waals surface area contributed by atoms with Gasteiger partial charge in [0.15, 0.2) is 8.32 Å². The number of carbonyl (C=O) groups is 1. The second kappa shape index (κ2) is 10.3. The number of likely N-dealkylation sites (tertiary alicyclic amines) is 1. The molecule has 10 heteroatoms. The Balaban J connectivity index is 2.03. The SMILES string of the molecule is CC(O)SC[C@@H]1C[C@H](O[Si](C)(C)C(C)(C)C)CN1C(=O)OCc1ccc([N+](=O)[O-])cc1. The Hall–Kier alpha value is -1.62. The first-order valence-electron chi connectivity index (χ1n) is 10.4. The van der Waals surface area contributed by atoms with E-state index in [2.05, 4.69) is 33.9 Å². The van der Waals surface area contributed by atoms with Gasteiger partial charge in [0.2, 0.25) is 0 Å². The van der Waals surface area contributed by atoms with E-state index >= 15 is 0 Å². The highest BCUT2D eigenvalue weighted by atomic mass is 32.2. The van der Waals surface area contributed by atoms with Gasteiger partial charge in [-0.1, -0.05) is 20.8 Å². The van der Waals surface area contributed by atoms with Crippen LogP contribution >= 0.6 is 11.8 Å². The minimum absolute atomic E-state index is 0.00421. The summed E-state index contributed by atoms with van der Waals surface area (Å²) in [5.74, 6) is 0.599. The van der Waals surface area contributed by atoms with Crippen LogP contribution in [0.5, 0.6) is 0 Å². The minimum Gasteiger partial charge on any atom is -0.445 e. The van der Waals surface area contributed by atoms with Gasteiger partial charge in [0.05, 0.1) is 16.5 Å². The molecule has 1 unspecified atom stereocenters. The van der Waals surface area contributed by atoms with Crippen molar-refractivity contribution in [1.82, 2.24) is 4.90 Å². The van der Waals surface area contributed by atoms with E-state index in [0.29, 0.717) is 24.3 Å². The fourth-order valence-corrected chi connectivity index (χ4v) is 5.30. The Labute approximate surface area is 189 Å². The summed E-state index contributed by atoms with van der Waals surface area (Å²) < 4.78 is 12.0. The Bertz CT molecular complexity index is 766. The normalized spacial score (nSPS) is 20.5. The van der Waals surface area contributed by atoms with Gasteiger partial charge in [-0.2, -0.15) is 0 Å². The first-order chi connectivity index (χ1) is 14.3. The third-order valence-corrected chi connectivity index (χ3v) is 11.5. The Morgan fingerprint density at radius 1 is 1.35 bits per heavy atom. The Morgan fingerprint density at radius 3 is 2.48 bits per heavy atom. The monoisotopic (exact) mass is 470 g/mol. The number of amides is 1. The van der Waals surface area contributed by atoms with Gasteiger partial charge in [-0.3, -0.25) is 10.1 Å². The number of ether oxygens (including phenoxy) is 1. The highest BCUT2D eigenvalue weighted by molar-refractivity contribution is 7.99. The number of nitrogens with zero attached hydrogens (tertiary/aromatic N) is 2. The largest absolute Gasteiger partial charge is 0.445 e. The maximum atomic E-state index is 12.8. The number of aliphatic hydroxyl groups excluding tert-OH is 1. The van der Waals surface area contributed by atoms with E-state index in [4.69, 9.17) is 9.16 Å². The molecule has 31 heavy (non-hydrogen) atoms. The van der Waals surface area contributed by atoms with Gasteiger partial charge in [0.25, 0.3) is 5.69 Å². The van der Waals surface area contributed by atoms with E-state index in [1.807, 2.05) is 0 Å². The zero-order chi connectivity index (χ0) is 23.4. The van der Waals surface area contributed by atoms with Crippen molar-refractivity contribution in [3.8, 4) is 0 Å². The first kappa shape index (κ1) is 25.6. The third kappa shape index (κ3) is 7.20. The van der Waals surface area contributed by atoms with E-state index in [9.17, 15) is 20.0 Å². The van der Waals surface area contributed by atoms with Gasteiger partial charge in [-0.05, 0) is 49.2 Å². The summed E-state index contributed by atoms with van der Waals surface area (Å²) in [6.07, 6.45) is 0.210. The molecule has 1 saturated heterocycles. The van der Waals surface area contributed by atoms with Gasteiger partial charge in [0.1, 0.15) is 6.61 Å². The quantitative estimate of drug-likeness (QED) is 0.253. The molecule has 0 radical (unpaired) electrons. The number of rotatable bonds is 8. The molecule has 0 aromatic heterocycles. The maximum Gasteiger partial charge on any atom is 0.410 e. The van der Waals surface area contributed by atoms with Gasteiger partial charge in [-0.25, -0.2) is 4.79 Å². The topological polar surface area (TPSA) is 102 Å². The summed E-state index contributed by atoms with van der Waals surface area (Å²) in [5, 5.41) is 20.5. The molecule has 1 aliphatic heterocycles. The van der Waals surface area contributed by atoms with Crippen molar-refractivity contribution in [3.63, 3.8) is 0 Å². The van der Waals surface area contributed by atoms with E-state index in [1.54, 1.807) is 24.0 Å². The average Bonchev–Trinajstić information content (AvgIpc) is 3.06. The number of nitro benzene ring substituents is 1. The lowest BCUT2D eigenvalue weighted by atomic mass is 10.2. The van der Waals surface area contributed by atoms with Crippen molar-refractivity contribution < 1.29 is 24.0 Å². The first-order valence-corrected chi connectivity index (χ1v) is 14.4. The van der Waals surface area contributed by atoms with E-state index < -0.39 is 24.8 Å². The number of carbonyl (C=O) groups excluding carboxylic acids is 1. The molecule has 0 aliphatic carbocycles. The smallest absolute Gasteiger partial charge is 0.410 e. The molecule has 174 valence electrons. The molecule has 2 rings (SSSR count). The molecule has 1 fully saturated rings. The van der Waals surface area contributed by atoms with Crippen molar-refractivity contribution >= 4 is 31.9 Å². The standard InChI is InChI=1S/C21H34N2O6SSi/c1-15(24)30-14-18-11-19(29-31(5,6)21(2,3)4)12-22(18)20(25)28-13-16-7-9-17(10-8-16)23(26)27/h7-10,15,18-19,24H,11-14H2,1-6H3/t15?,18-,19-/m0/s1. The zero-order valence-electron chi connectivity index (χ0n) is 19.2. The lowest BCUT2D eigenvalue weighted by molar-refractivity contribution is -0.384. The summed E-state index contributed by atoms with van der Waals surface area (Å²) >= 11 is 1.39. The number of thioether (sulfide) groups is 1. The molecular weight excluding hydrogens is 436 g/mol. The Morgan fingerprint density at radius 2 is 1.97 bits per heavy atom. The summed E-state index contributed by atoms with van der Waals surface area (Å²) in [4.78, 5) is 24.8. The molecule has 0 bridgehead atoms. The molecule has 8 nitrogen and oxygen atoms in total. The molecule has 1 amide bonds. The van der Waals surface area contributed by atoms with Gasteiger partial charge >= 0.3 is 6.09 Å². The molecule has 1 heterocycles. The highest BCUT2D eigenvalue weighted by Gasteiger charge is 2.44. The summed E-state index contributed by atoms with van der Waals surface area (Å²) in [6, 6.07) is 5.87. The molecule has 1 aliphatic rings. The minimum atomic E-state index is -1.98. The van der Waals surface area contributed by atoms with Crippen LogP contribution in [0.25, 0.3) is 0 Å². The van der Waals surface area contributed by atoms with Crippen molar-refractivity contribution in [3.05, 3.63) is 39.9 Å². The van der Waals surface area contributed by atoms with Crippen molar-refractivity contribution in [2.75, 3.05) is 12.3 Å². The fourth-order valence-electron chi connectivity index (χ4n) is 3.13. The molecular formula is C21H34N2O6SSi. The number of non-ortho nitro benzene ring substituents is 1. The molecule has 0 spiro atoms. The highest BCUT2D eigenvalue weighted by Crippen LogP contribution is 2.39. The number of nitro groups is 1. The summed E-state index contributed by atoms with van der Waals surface area (Å²) in [7, 11) is -1.98. The van der Waals surface area contributed by atoms with E-state index in [1.165, 1.54) is 23.9 Å². The van der Waals surface area contributed by atoms with Gasteiger partial charge < -0.3 is 19.2 Å². The third-order valence-electron chi connectivity index (χ3n) is 5.92. The van der Waals surface area contributed by atoms with Crippen LogP contribution in [0, 0.1) is 10.1 Å². The van der Waals surface area contributed by atoms with Crippen LogP contribution in [0.3, 0.4) is 0 Å². The van der Waals surface area contributed by atoms with Crippen LogP contribution in [-0.2, 0) is 15.8 Å². The summed E-state index contributed by atoms with van der Waals surface area (Å²) in [6.45, 7) is 13.2. The molecule has 1 aromatic rings. The fraction of sp³-hybridized carbons (Fsp3) is 0.667. The average molecular weight is 471 g/mol. The lowest BCUT2D eigenvalue weighted by Crippen LogP contribution is -2.44. The van der Waals surface area contributed by atoms with Crippen LogP contribution < -0.4 is 0 Å². The van der Waals surface area contributed by atoms with Crippen molar-refractivity contribution in [1.29, 1.82) is 0 Å². The van der Waals surface area contributed by atoms with Crippen LogP contribution in [0.1, 0.15) is 39.7 Å². The molecule has 3 atom stereocenters. The molecule has 0 saturated carbocycles. The van der Waals surface area contributed by atoms with Crippen LogP contribution in [0.4, 0.5) is 10.5 Å². The predicted octanol–water partition coefficient (Wildman–Crippen LogP) is 4.77. The maximum absolute atomic E-state index is 12.8. The van der Waals surface area contributed by atoms with Crippen LogP contribution in [0.2, 0.25) is 18.1 Å². The van der Waals surface area contributed by atoms with Crippen LogP contribution in [0.15, 0.2) is 24.3 Å². The van der Waals surface area contributed by atoms with Crippen molar-refractivity contribution in [2.24, 2.45) is 0 Å². The number of hydrogen-bond donors (Lipinski definition) is 1. The second-order valence-electron chi connectivity index (χ2n) is 9.45. The zero-order valence-corrected chi connectivity index (χ0v) is 21.0. The number of benzene rings is 1. The van der Waals surface area contributed by atoms with E-state index in [-0.39, 0.29) is 29.5 Å².